The molecule has 2 N–H and O–H groups in total. The standard InChI is InChI=1S/C20H27NO2/c1-18-7-14-8-19(2,11-18)13-20(9-14,12-18)21-10-15-5-3-4-6-16(15)17(22)23/h3-6,14,21H,7-13H2,1-2H3,(H,22,23). The van der Waals surface area contributed by atoms with Gasteiger partial charge in [-0.25, -0.2) is 4.79 Å². The molecule has 0 spiro atoms. The Bertz CT molecular complexity index is 635. The van der Waals surface area contributed by atoms with Crippen molar-refractivity contribution in [3.8, 4) is 0 Å². The second-order valence-electron chi connectivity index (χ2n) is 9.23. The first-order valence-corrected chi connectivity index (χ1v) is 8.87. The van der Waals surface area contributed by atoms with E-state index in [0.29, 0.717) is 22.9 Å². The van der Waals surface area contributed by atoms with Gasteiger partial charge in [-0.05, 0) is 66.9 Å². The van der Waals surface area contributed by atoms with Crippen molar-refractivity contribution in [1.29, 1.82) is 0 Å². The van der Waals surface area contributed by atoms with E-state index in [1.54, 1.807) is 12.1 Å². The largest absolute Gasteiger partial charge is 0.478 e. The van der Waals surface area contributed by atoms with Crippen molar-refractivity contribution >= 4 is 5.97 Å². The molecule has 4 aliphatic rings. The van der Waals surface area contributed by atoms with Gasteiger partial charge in [0.05, 0.1) is 5.56 Å². The van der Waals surface area contributed by atoms with E-state index in [2.05, 4.69) is 19.2 Å². The number of carbonyl (C=O) groups is 1. The minimum absolute atomic E-state index is 0.217. The van der Waals surface area contributed by atoms with E-state index in [0.717, 1.165) is 11.5 Å². The predicted molar refractivity (Wildman–Crippen MR) is 90.4 cm³/mol. The van der Waals surface area contributed by atoms with Crippen molar-refractivity contribution in [3.05, 3.63) is 35.4 Å². The maximum atomic E-state index is 11.4. The Kier molecular flexibility index (Phi) is 3.19. The number of hydrogen-bond donors (Lipinski definition) is 2. The maximum absolute atomic E-state index is 11.4. The van der Waals surface area contributed by atoms with E-state index < -0.39 is 5.97 Å². The predicted octanol–water partition coefficient (Wildman–Crippen LogP) is 4.22. The smallest absolute Gasteiger partial charge is 0.336 e. The van der Waals surface area contributed by atoms with Gasteiger partial charge in [0.15, 0.2) is 0 Å². The second-order valence-corrected chi connectivity index (χ2v) is 9.23. The topological polar surface area (TPSA) is 49.3 Å². The average Bonchev–Trinajstić information content (AvgIpc) is 2.41. The molecule has 4 bridgehead atoms. The fourth-order valence-electron chi connectivity index (χ4n) is 6.81. The first kappa shape index (κ1) is 15.2. The quantitative estimate of drug-likeness (QED) is 0.875. The molecular weight excluding hydrogens is 286 g/mol. The third kappa shape index (κ3) is 2.59. The van der Waals surface area contributed by atoms with Crippen LogP contribution in [-0.4, -0.2) is 16.6 Å². The number of benzene rings is 1. The van der Waals surface area contributed by atoms with Crippen LogP contribution in [0.25, 0.3) is 0 Å². The first-order valence-electron chi connectivity index (χ1n) is 8.87. The summed E-state index contributed by atoms with van der Waals surface area (Å²) in [6.45, 7) is 5.61. The van der Waals surface area contributed by atoms with Gasteiger partial charge in [0.2, 0.25) is 0 Å². The van der Waals surface area contributed by atoms with Gasteiger partial charge >= 0.3 is 5.97 Å². The number of carboxylic acids is 1. The molecule has 1 aromatic rings. The normalized spacial score (nSPS) is 41.2. The first-order chi connectivity index (χ1) is 10.8. The van der Waals surface area contributed by atoms with Gasteiger partial charge < -0.3 is 10.4 Å². The Labute approximate surface area is 138 Å². The molecule has 0 aliphatic heterocycles. The molecular formula is C20H27NO2. The third-order valence-electron chi connectivity index (χ3n) is 6.53. The lowest BCUT2D eigenvalue weighted by Gasteiger charge is -2.65. The lowest BCUT2D eigenvalue weighted by Crippen LogP contribution is -2.63. The van der Waals surface area contributed by atoms with E-state index >= 15 is 0 Å². The summed E-state index contributed by atoms with van der Waals surface area (Å²) >= 11 is 0. The van der Waals surface area contributed by atoms with E-state index in [9.17, 15) is 9.90 Å². The number of aromatic carboxylic acids is 1. The molecule has 5 rings (SSSR count). The molecule has 0 aromatic heterocycles. The zero-order valence-corrected chi connectivity index (χ0v) is 14.2. The molecule has 2 unspecified atom stereocenters. The van der Waals surface area contributed by atoms with Crippen molar-refractivity contribution in [2.45, 2.75) is 64.5 Å². The Morgan fingerprint density at radius 2 is 1.78 bits per heavy atom. The molecule has 2 atom stereocenters. The van der Waals surface area contributed by atoms with Crippen LogP contribution in [0, 0.1) is 16.7 Å². The zero-order valence-electron chi connectivity index (χ0n) is 14.2. The van der Waals surface area contributed by atoms with E-state index in [-0.39, 0.29) is 5.54 Å². The highest BCUT2D eigenvalue weighted by molar-refractivity contribution is 5.89. The summed E-state index contributed by atoms with van der Waals surface area (Å²) in [5.74, 6) is 0.0234. The number of hydrogen-bond acceptors (Lipinski definition) is 2. The number of rotatable bonds is 4. The van der Waals surface area contributed by atoms with E-state index in [1.807, 2.05) is 12.1 Å². The summed E-state index contributed by atoms with van der Waals surface area (Å²) in [6.07, 6.45) is 7.91. The summed E-state index contributed by atoms with van der Waals surface area (Å²) in [6, 6.07) is 7.40. The molecule has 3 heteroatoms. The Morgan fingerprint density at radius 1 is 1.13 bits per heavy atom. The summed E-state index contributed by atoms with van der Waals surface area (Å²) < 4.78 is 0. The fraction of sp³-hybridized carbons (Fsp3) is 0.650. The van der Waals surface area contributed by atoms with Crippen LogP contribution in [0.5, 0.6) is 0 Å². The van der Waals surface area contributed by atoms with E-state index in [4.69, 9.17) is 0 Å². The SMILES string of the molecule is CC12CC3CC(C)(C1)CC(NCc1ccccc1C(=O)O)(C3)C2. The molecule has 0 amide bonds. The van der Waals surface area contributed by atoms with Crippen molar-refractivity contribution in [1.82, 2.24) is 5.32 Å². The van der Waals surface area contributed by atoms with Crippen LogP contribution in [-0.2, 0) is 6.54 Å². The summed E-state index contributed by atoms with van der Waals surface area (Å²) in [5.41, 5.74) is 2.52. The Hall–Kier alpha value is -1.35. The van der Waals surface area contributed by atoms with Crippen LogP contribution in [0.2, 0.25) is 0 Å². The van der Waals surface area contributed by atoms with Gasteiger partial charge in [-0.2, -0.15) is 0 Å². The molecule has 0 saturated heterocycles. The summed E-state index contributed by atoms with van der Waals surface area (Å²) in [4.78, 5) is 11.4. The van der Waals surface area contributed by atoms with Crippen molar-refractivity contribution in [3.63, 3.8) is 0 Å². The molecule has 1 aromatic carbocycles. The Balaban J connectivity index is 1.57. The van der Waals surface area contributed by atoms with Crippen molar-refractivity contribution < 1.29 is 9.90 Å². The lowest BCUT2D eigenvalue weighted by molar-refractivity contribution is -0.118. The van der Waals surface area contributed by atoms with Gasteiger partial charge in [0.25, 0.3) is 0 Å². The summed E-state index contributed by atoms with van der Waals surface area (Å²) in [5, 5.41) is 13.2. The second kappa shape index (κ2) is 4.83. The molecule has 23 heavy (non-hydrogen) atoms. The zero-order chi connectivity index (χ0) is 16.3. The molecule has 124 valence electrons. The van der Waals surface area contributed by atoms with Crippen LogP contribution in [0.3, 0.4) is 0 Å². The highest BCUT2D eigenvalue weighted by atomic mass is 16.4. The molecule has 4 fully saturated rings. The minimum Gasteiger partial charge on any atom is -0.478 e. The molecule has 4 aliphatic carbocycles. The van der Waals surface area contributed by atoms with Crippen LogP contribution in [0.4, 0.5) is 0 Å². The molecule has 4 saturated carbocycles. The third-order valence-corrected chi connectivity index (χ3v) is 6.53. The van der Waals surface area contributed by atoms with Gasteiger partial charge in [0.1, 0.15) is 0 Å². The highest BCUT2D eigenvalue weighted by Crippen LogP contribution is 2.66. The lowest BCUT2D eigenvalue weighted by atomic mass is 9.43. The number of carboxylic acid groups (broad SMARTS) is 1. The van der Waals surface area contributed by atoms with Crippen LogP contribution in [0.15, 0.2) is 24.3 Å². The van der Waals surface area contributed by atoms with E-state index in [1.165, 1.54) is 38.5 Å². The number of nitrogens with one attached hydrogen (secondary N) is 1. The van der Waals surface area contributed by atoms with Crippen LogP contribution < -0.4 is 5.32 Å². The van der Waals surface area contributed by atoms with Crippen molar-refractivity contribution in [2.24, 2.45) is 16.7 Å². The van der Waals surface area contributed by atoms with Gasteiger partial charge in [-0.3, -0.25) is 0 Å². The minimum atomic E-state index is -0.827. The van der Waals surface area contributed by atoms with Gasteiger partial charge in [0, 0.05) is 12.1 Å². The fourth-order valence-corrected chi connectivity index (χ4v) is 6.81. The van der Waals surface area contributed by atoms with Crippen LogP contribution in [0.1, 0.15) is 68.3 Å². The maximum Gasteiger partial charge on any atom is 0.336 e. The Morgan fingerprint density at radius 3 is 2.39 bits per heavy atom. The monoisotopic (exact) mass is 313 g/mol. The van der Waals surface area contributed by atoms with Crippen LogP contribution >= 0.6 is 0 Å². The molecule has 3 nitrogen and oxygen atoms in total. The molecule has 0 radical (unpaired) electrons. The van der Waals surface area contributed by atoms with Gasteiger partial charge in [-0.15, -0.1) is 0 Å². The molecule has 0 heterocycles. The van der Waals surface area contributed by atoms with Crippen molar-refractivity contribution in [2.75, 3.05) is 0 Å². The average molecular weight is 313 g/mol. The van der Waals surface area contributed by atoms with Gasteiger partial charge in [-0.1, -0.05) is 32.0 Å². The highest BCUT2D eigenvalue weighted by Gasteiger charge is 2.59. The summed E-state index contributed by atoms with van der Waals surface area (Å²) in [7, 11) is 0.